The summed E-state index contributed by atoms with van der Waals surface area (Å²) in [5.41, 5.74) is 5.69. The highest BCUT2D eigenvalue weighted by Gasteiger charge is 2.37. The minimum atomic E-state index is -3.54. The molecule has 6 nitrogen and oxygen atoms in total. The lowest BCUT2D eigenvalue weighted by molar-refractivity contribution is 0.357. The van der Waals surface area contributed by atoms with Gasteiger partial charge in [-0.05, 0) is 32.6 Å². The molecule has 18 heavy (non-hydrogen) atoms. The second kappa shape index (κ2) is 4.55. The minimum Gasteiger partial charge on any atom is -0.381 e. The van der Waals surface area contributed by atoms with Crippen molar-refractivity contribution >= 4 is 15.8 Å². The second-order valence-electron chi connectivity index (χ2n) is 4.83. The molecule has 1 aliphatic carbocycles. The second-order valence-corrected chi connectivity index (χ2v) is 6.80. The molecule has 2 N–H and O–H groups in total. The van der Waals surface area contributed by atoms with Crippen molar-refractivity contribution in [3.05, 3.63) is 6.20 Å². The van der Waals surface area contributed by atoms with Crippen LogP contribution < -0.4 is 5.73 Å². The largest absolute Gasteiger partial charge is 0.381 e. The average molecular weight is 272 g/mol. The summed E-state index contributed by atoms with van der Waals surface area (Å²) in [4.78, 5) is 0.111. The van der Waals surface area contributed by atoms with Gasteiger partial charge in [0.15, 0.2) is 5.82 Å². The number of nitrogens with two attached hydrogens (primary N) is 1. The molecule has 1 unspecified atom stereocenters. The molecular formula is C11H20N4O2S. The van der Waals surface area contributed by atoms with Crippen LogP contribution in [0.3, 0.4) is 0 Å². The Balaban J connectivity index is 2.31. The maximum atomic E-state index is 12.4. The van der Waals surface area contributed by atoms with E-state index in [2.05, 4.69) is 5.10 Å². The first kappa shape index (κ1) is 13.4. The van der Waals surface area contributed by atoms with E-state index in [9.17, 15) is 8.42 Å². The zero-order chi connectivity index (χ0) is 13.5. The van der Waals surface area contributed by atoms with Gasteiger partial charge in [0, 0.05) is 25.8 Å². The highest BCUT2D eigenvalue weighted by atomic mass is 32.2. The molecule has 1 saturated carbocycles. The molecule has 1 atom stereocenters. The number of hydrogen-bond donors (Lipinski definition) is 1. The summed E-state index contributed by atoms with van der Waals surface area (Å²) in [6.07, 6.45) is 3.70. The first-order valence-corrected chi connectivity index (χ1v) is 7.63. The van der Waals surface area contributed by atoms with Gasteiger partial charge in [0.1, 0.15) is 4.90 Å². The van der Waals surface area contributed by atoms with Crippen LogP contribution in [0.2, 0.25) is 0 Å². The van der Waals surface area contributed by atoms with E-state index in [-0.39, 0.29) is 16.8 Å². The Morgan fingerprint density at radius 2 is 2.22 bits per heavy atom. The van der Waals surface area contributed by atoms with E-state index < -0.39 is 10.0 Å². The molecule has 2 rings (SSSR count). The molecule has 0 aromatic carbocycles. The Kier molecular flexibility index (Phi) is 3.37. The Morgan fingerprint density at radius 1 is 1.61 bits per heavy atom. The zero-order valence-electron chi connectivity index (χ0n) is 11.0. The number of sulfonamides is 1. The van der Waals surface area contributed by atoms with Gasteiger partial charge in [-0.2, -0.15) is 9.40 Å². The molecule has 1 aromatic rings. The Bertz CT molecular complexity index is 533. The summed E-state index contributed by atoms with van der Waals surface area (Å²) in [7, 11) is -1.93. The Hall–Kier alpha value is -1.08. The van der Waals surface area contributed by atoms with Gasteiger partial charge >= 0.3 is 0 Å². The standard InChI is InChI=1S/C11H20N4O2S/c1-4-15-7-10(11(12)13-15)18(16,17)14(3)8(2)9-5-6-9/h7-9H,4-6H2,1-3H3,(H2,12,13). The summed E-state index contributed by atoms with van der Waals surface area (Å²) in [5.74, 6) is 0.555. The van der Waals surface area contributed by atoms with Crippen molar-refractivity contribution in [1.82, 2.24) is 14.1 Å². The fraction of sp³-hybridized carbons (Fsp3) is 0.727. The van der Waals surface area contributed by atoms with Gasteiger partial charge in [-0.1, -0.05) is 0 Å². The number of nitrogen functional groups attached to an aromatic ring is 1. The van der Waals surface area contributed by atoms with Gasteiger partial charge in [-0.15, -0.1) is 0 Å². The van der Waals surface area contributed by atoms with E-state index in [0.29, 0.717) is 12.5 Å². The molecular weight excluding hydrogens is 252 g/mol. The summed E-state index contributed by atoms with van der Waals surface area (Å²) in [5, 5.41) is 3.99. The van der Waals surface area contributed by atoms with Crippen LogP contribution in [-0.4, -0.2) is 35.6 Å². The van der Waals surface area contributed by atoms with Crippen LogP contribution in [-0.2, 0) is 16.6 Å². The van der Waals surface area contributed by atoms with Crippen molar-refractivity contribution in [2.45, 2.75) is 44.2 Å². The number of anilines is 1. The number of aromatic nitrogens is 2. The van der Waals surface area contributed by atoms with Crippen LogP contribution in [0.5, 0.6) is 0 Å². The van der Waals surface area contributed by atoms with Crippen molar-refractivity contribution < 1.29 is 8.42 Å². The van der Waals surface area contributed by atoms with Crippen LogP contribution in [0.1, 0.15) is 26.7 Å². The summed E-state index contributed by atoms with van der Waals surface area (Å²) >= 11 is 0. The lowest BCUT2D eigenvalue weighted by Gasteiger charge is -2.23. The molecule has 1 aliphatic rings. The van der Waals surface area contributed by atoms with Crippen LogP contribution in [0.15, 0.2) is 11.1 Å². The SMILES string of the molecule is CCn1cc(S(=O)(=O)N(C)C(C)C2CC2)c(N)n1. The minimum absolute atomic E-state index is 0.0133. The highest BCUT2D eigenvalue weighted by Crippen LogP contribution is 2.36. The van der Waals surface area contributed by atoms with E-state index in [1.165, 1.54) is 15.2 Å². The maximum Gasteiger partial charge on any atom is 0.248 e. The molecule has 0 spiro atoms. The van der Waals surface area contributed by atoms with Crippen LogP contribution >= 0.6 is 0 Å². The normalized spacial score (nSPS) is 18.2. The van der Waals surface area contributed by atoms with E-state index in [0.717, 1.165) is 12.8 Å². The maximum absolute atomic E-state index is 12.4. The first-order valence-electron chi connectivity index (χ1n) is 6.19. The van der Waals surface area contributed by atoms with Gasteiger partial charge in [-0.3, -0.25) is 4.68 Å². The number of rotatable bonds is 5. The molecule has 0 aliphatic heterocycles. The molecule has 0 amide bonds. The van der Waals surface area contributed by atoms with Gasteiger partial charge < -0.3 is 5.73 Å². The molecule has 1 heterocycles. The molecule has 0 saturated heterocycles. The van der Waals surface area contributed by atoms with Gasteiger partial charge in [-0.25, -0.2) is 8.42 Å². The quantitative estimate of drug-likeness (QED) is 0.863. The number of aryl methyl sites for hydroxylation is 1. The lowest BCUT2D eigenvalue weighted by Crippen LogP contribution is -2.36. The van der Waals surface area contributed by atoms with Gasteiger partial charge in [0.05, 0.1) is 0 Å². The monoisotopic (exact) mass is 272 g/mol. The van der Waals surface area contributed by atoms with Crippen molar-refractivity contribution in [3.63, 3.8) is 0 Å². The third-order valence-electron chi connectivity index (χ3n) is 3.61. The van der Waals surface area contributed by atoms with Crippen molar-refractivity contribution in [2.75, 3.05) is 12.8 Å². The van der Waals surface area contributed by atoms with Crippen molar-refractivity contribution in [1.29, 1.82) is 0 Å². The number of nitrogens with zero attached hydrogens (tertiary/aromatic N) is 3. The van der Waals surface area contributed by atoms with E-state index in [1.807, 2.05) is 13.8 Å². The zero-order valence-corrected chi connectivity index (χ0v) is 11.8. The third-order valence-corrected chi connectivity index (χ3v) is 5.57. The summed E-state index contributed by atoms with van der Waals surface area (Å²) in [6.45, 7) is 4.43. The van der Waals surface area contributed by atoms with E-state index >= 15 is 0 Å². The van der Waals surface area contributed by atoms with Crippen LogP contribution in [0.25, 0.3) is 0 Å². The Labute approximate surface area is 108 Å². The molecule has 102 valence electrons. The fourth-order valence-electron chi connectivity index (χ4n) is 2.03. The topological polar surface area (TPSA) is 81.2 Å². The molecule has 0 bridgehead atoms. The number of hydrogen-bond acceptors (Lipinski definition) is 4. The molecule has 7 heteroatoms. The van der Waals surface area contributed by atoms with Gasteiger partial charge in [0.25, 0.3) is 0 Å². The highest BCUT2D eigenvalue weighted by molar-refractivity contribution is 7.89. The van der Waals surface area contributed by atoms with Crippen LogP contribution in [0.4, 0.5) is 5.82 Å². The molecule has 1 fully saturated rings. The van der Waals surface area contributed by atoms with Crippen molar-refractivity contribution in [3.8, 4) is 0 Å². The van der Waals surface area contributed by atoms with Crippen LogP contribution in [0, 0.1) is 5.92 Å². The fourth-order valence-corrected chi connectivity index (χ4v) is 3.51. The molecule has 0 radical (unpaired) electrons. The van der Waals surface area contributed by atoms with E-state index in [1.54, 1.807) is 7.05 Å². The summed E-state index contributed by atoms with van der Waals surface area (Å²) < 4.78 is 27.9. The first-order chi connectivity index (χ1) is 8.37. The predicted octanol–water partition coefficient (Wildman–Crippen LogP) is 0.904. The smallest absolute Gasteiger partial charge is 0.248 e. The molecule has 1 aromatic heterocycles. The average Bonchev–Trinajstić information content (AvgIpc) is 3.10. The van der Waals surface area contributed by atoms with E-state index in [4.69, 9.17) is 5.73 Å². The Morgan fingerprint density at radius 3 is 2.67 bits per heavy atom. The van der Waals surface area contributed by atoms with Gasteiger partial charge in [0.2, 0.25) is 10.0 Å². The third kappa shape index (κ3) is 2.24. The predicted molar refractivity (Wildman–Crippen MR) is 69.4 cm³/mol. The summed E-state index contributed by atoms with van der Waals surface area (Å²) in [6, 6.07) is 0.0133. The lowest BCUT2D eigenvalue weighted by atomic mass is 10.2. The van der Waals surface area contributed by atoms with Crippen molar-refractivity contribution in [2.24, 2.45) is 5.92 Å².